The first-order valence-electron chi connectivity index (χ1n) is 7.37. The van der Waals surface area contributed by atoms with Gasteiger partial charge in [-0.25, -0.2) is 4.98 Å². The first-order chi connectivity index (χ1) is 10.4. The number of fused-ring (bicyclic) bond motifs is 1. The summed E-state index contributed by atoms with van der Waals surface area (Å²) in [4.78, 5) is 30.5. The first kappa shape index (κ1) is 14.6. The zero-order chi connectivity index (χ0) is 15.9. The van der Waals surface area contributed by atoms with Crippen LogP contribution >= 0.6 is 0 Å². The van der Waals surface area contributed by atoms with Gasteiger partial charge < -0.3 is 14.8 Å². The Morgan fingerprint density at radius 1 is 1.36 bits per heavy atom. The van der Waals surface area contributed by atoms with Gasteiger partial charge in [-0.2, -0.15) is 0 Å². The predicted octanol–water partition coefficient (Wildman–Crippen LogP) is 1.08. The monoisotopic (exact) mass is 300 g/mol. The number of aromatic nitrogens is 2. The maximum atomic E-state index is 12.7. The molecule has 6 nitrogen and oxygen atoms in total. The largest absolute Gasteiger partial charge is 0.352 e. The van der Waals surface area contributed by atoms with Crippen molar-refractivity contribution in [2.24, 2.45) is 0 Å². The molecule has 1 aromatic heterocycles. The molecule has 1 aliphatic heterocycles. The van der Waals surface area contributed by atoms with Crippen molar-refractivity contribution in [3.05, 3.63) is 30.1 Å². The second-order valence-electron chi connectivity index (χ2n) is 6.30. The van der Waals surface area contributed by atoms with E-state index >= 15 is 0 Å². The zero-order valence-corrected chi connectivity index (χ0v) is 13.1. The molecule has 0 bridgehead atoms. The Morgan fingerprint density at radius 2 is 2.09 bits per heavy atom. The summed E-state index contributed by atoms with van der Waals surface area (Å²) < 4.78 is 1.90. The Balaban J connectivity index is 1.89. The summed E-state index contributed by atoms with van der Waals surface area (Å²) in [7, 11) is 0. The van der Waals surface area contributed by atoms with Crippen LogP contribution in [-0.4, -0.2) is 44.9 Å². The van der Waals surface area contributed by atoms with Crippen LogP contribution in [0.15, 0.2) is 24.3 Å². The van der Waals surface area contributed by atoms with Gasteiger partial charge in [0.05, 0.1) is 16.6 Å². The number of para-hydroxylation sites is 2. The SMILES string of the molecule is Cc1nc2ccccc2n1CC(=O)N1CC(=O)NCC1(C)C. The number of carbonyl (C=O) groups excluding carboxylic acids is 2. The maximum absolute atomic E-state index is 12.7. The van der Waals surface area contributed by atoms with Crippen molar-refractivity contribution in [2.75, 3.05) is 13.1 Å². The second-order valence-corrected chi connectivity index (χ2v) is 6.30. The molecule has 0 saturated carbocycles. The Morgan fingerprint density at radius 3 is 2.86 bits per heavy atom. The summed E-state index contributed by atoms with van der Waals surface area (Å²) >= 11 is 0. The molecule has 3 rings (SSSR count). The normalized spacial score (nSPS) is 17.6. The van der Waals surface area contributed by atoms with Crippen molar-refractivity contribution in [1.82, 2.24) is 19.8 Å². The van der Waals surface area contributed by atoms with Crippen molar-refractivity contribution in [3.63, 3.8) is 0 Å². The molecule has 0 atom stereocenters. The number of carbonyl (C=O) groups is 2. The maximum Gasteiger partial charge on any atom is 0.243 e. The predicted molar refractivity (Wildman–Crippen MR) is 83.3 cm³/mol. The van der Waals surface area contributed by atoms with Crippen molar-refractivity contribution in [3.8, 4) is 0 Å². The lowest BCUT2D eigenvalue weighted by Gasteiger charge is -2.42. The smallest absolute Gasteiger partial charge is 0.243 e. The third-order valence-corrected chi connectivity index (χ3v) is 4.19. The second kappa shape index (κ2) is 5.12. The topological polar surface area (TPSA) is 67.2 Å². The van der Waals surface area contributed by atoms with E-state index in [-0.39, 0.29) is 30.4 Å². The minimum absolute atomic E-state index is 0.0638. The molecular formula is C16H20N4O2. The van der Waals surface area contributed by atoms with E-state index in [1.165, 1.54) is 0 Å². The van der Waals surface area contributed by atoms with Gasteiger partial charge in [-0.05, 0) is 32.9 Å². The van der Waals surface area contributed by atoms with Gasteiger partial charge in [0.2, 0.25) is 11.8 Å². The van der Waals surface area contributed by atoms with Crippen LogP contribution in [-0.2, 0) is 16.1 Å². The number of nitrogens with zero attached hydrogens (tertiary/aromatic N) is 3. The van der Waals surface area contributed by atoms with E-state index < -0.39 is 0 Å². The van der Waals surface area contributed by atoms with Crippen LogP contribution in [0.3, 0.4) is 0 Å². The number of benzene rings is 1. The number of imidazole rings is 1. The molecule has 1 N–H and O–H groups in total. The van der Waals surface area contributed by atoms with E-state index in [4.69, 9.17) is 0 Å². The van der Waals surface area contributed by atoms with Crippen molar-refractivity contribution >= 4 is 22.8 Å². The highest BCUT2D eigenvalue weighted by atomic mass is 16.2. The summed E-state index contributed by atoms with van der Waals surface area (Å²) in [5, 5.41) is 2.81. The van der Waals surface area contributed by atoms with E-state index in [0.717, 1.165) is 16.9 Å². The van der Waals surface area contributed by atoms with Gasteiger partial charge in [0.15, 0.2) is 0 Å². The molecule has 116 valence electrons. The third kappa shape index (κ3) is 2.45. The van der Waals surface area contributed by atoms with Crippen LogP contribution in [0.5, 0.6) is 0 Å². The van der Waals surface area contributed by atoms with Crippen molar-refractivity contribution in [2.45, 2.75) is 32.9 Å². The number of aryl methyl sites for hydroxylation is 1. The third-order valence-electron chi connectivity index (χ3n) is 4.19. The number of piperazine rings is 1. The number of rotatable bonds is 2. The minimum Gasteiger partial charge on any atom is -0.352 e. The molecule has 0 aliphatic carbocycles. The summed E-state index contributed by atoms with van der Waals surface area (Å²) in [6.07, 6.45) is 0. The van der Waals surface area contributed by atoms with E-state index in [1.807, 2.05) is 49.6 Å². The molecule has 6 heteroatoms. The molecule has 1 saturated heterocycles. The van der Waals surface area contributed by atoms with Crippen molar-refractivity contribution < 1.29 is 9.59 Å². The van der Waals surface area contributed by atoms with Gasteiger partial charge in [0, 0.05) is 6.54 Å². The van der Waals surface area contributed by atoms with E-state index in [2.05, 4.69) is 10.3 Å². The van der Waals surface area contributed by atoms with E-state index in [1.54, 1.807) is 4.90 Å². The molecule has 1 aliphatic rings. The molecule has 0 radical (unpaired) electrons. The Hall–Kier alpha value is -2.37. The van der Waals surface area contributed by atoms with Crippen molar-refractivity contribution in [1.29, 1.82) is 0 Å². The minimum atomic E-state index is -0.380. The molecule has 22 heavy (non-hydrogen) atoms. The number of nitrogens with one attached hydrogen (secondary N) is 1. The summed E-state index contributed by atoms with van der Waals surface area (Å²) in [5.41, 5.74) is 1.44. The van der Waals surface area contributed by atoms with Gasteiger partial charge >= 0.3 is 0 Å². The highest BCUT2D eigenvalue weighted by Gasteiger charge is 2.36. The summed E-state index contributed by atoms with van der Waals surface area (Å²) in [6, 6.07) is 7.75. The number of hydrogen-bond donors (Lipinski definition) is 1. The molecular weight excluding hydrogens is 280 g/mol. The fourth-order valence-corrected chi connectivity index (χ4v) is 2.87. The highest BCUT2D eigenvalue weighted by molar-refractivity contribution is 5.87. The quantitative estimate of drug-likeness (QED) is 0.902. The first-order valence-corrected chi connectivity index (χ1v) is 7.37. The lowest BCUT2D eigenvalue weighted by Crippen LogP contribution is -2.62. The molecule has 2 amide bonds. The fourth-order valence-electron chi connectivity index (χ4n) is 2.87. The number of amides is 2. The Bertz CT molecular complexity index is 748. The molecule has 0 unspecified atom stereocenters. The molecule has 2 aromatic rings. The van der Waals surface area contributed by atoms with Crippen LogP contribution in [0.25, 0.3) is 11.0 Å². The molecule has 2 heterocycles. The average Bonchev–Trinajstić information content (AvgIpc) is 2.78. The standard InChI is InChI=1S/C16H20N4O2/c1-11-18-12-6-4-5-7-13(12)19(11)9-15(22)20-8-14(21)17-10-16(20,2)3/h4-7H,8-10H2,1-3H3,(H,17,21). The lowest BCUT2D eigenvalue weighted by atomic mass is 10.00. The van der Waals surface area contributed by atoms with Gasteiger partial charge in [-0.1, -0.05) is 12.1 Å². The van der Waals surface area contributed by atoms with E-state index in [0.29, 0.717) is 6.54 Å². The van der Waals surface area contributed by atoms with Gasteiger partial charge in [0.1, 0.15) is 18.9 Å². The zero-order valence-electron chi connectivity index (χ0n) is 13.1. The fraction of sp³-hybridized carbons (Fsp3) is 0.438. The number of hydrogen-bond acceptors (Lipinski definition) is 3. The van der Waals surface area contributed by atoms with Crippen LogP contribution in [0.4, 0.5) is 0 Å². The average molecular weight is 300 g/mol. The molecule has 1 fully saturated rings. The van der Waals surface area contributed by atoms with Gasteiger partial charge in [0.25, 0.3) is 0 Å². The van der Waals surface area contributed by atoms with Gasteiger partial charge in [-0.3, -0.25) is 9.59 Å². The van der Waals surface area contributed by atoms with Crippen LogP contribution in [0.2, 0.25) is 0 Å². The highest BCUT2D eigenvalue weighted by Crippen LogP contribution is 2.20. The lowest BCUT2D eigenvalue weighted by molar-refractivity contribution is -0.145. The molecule has 1 aromatic carbocycles. The molecule has 0 spiro atoms. The van der Waals surface area contributed by atoms with Crippen LogP contribution in [0.1, 0.15) is 19.7 Å². The van der Waals surface area contributed by atoms with Gasteiger partial charge in [-0.15, -0.1) is 0 Å². The van der Waals surface area contributed by atoms with Crippen LogP contribution < -0.4 is 5.32 Å². The van der Waals surface area contributed by atoms with Crippen LogP contribution in [0, 0.1) is 6.92 Å². The summed E-state index contributed by atoms with van der Waals surface area (Å²) in [6.45, 7) is 6.59. The summed E-state index contributed by atoms with van der Waals surface area (Å²) in [5.74, 6) is 0.625. The van der Waals surface area contributed by atoms with E-state index in [9.17, 15) is 9.59 Å². The Labute approximate surface area is 129 Å². The Kier molecular flexibility index (Phi) is 3.39.